The fraction of sp³-hybridized carbons (Fsp3) is 0.310. The maximum absolute atomic E-state index is 13.8. The van der Waals surface area contributed by atoms with Gasteiger partial charge in [0.25, 0.3) is 0 Å². The average molecular weight is 553 g/mol. The summed E-state index contributed by atoms with van der Waals surface area (Å²) >= 11 is 1.40. The van der Waals surface area contributed by atoms with Crippen molar-refractivity contribution in [3.8, 4) is 17.6 Å². The largest absolute Gasteiger partial charge is 0.462 e. The first-order chi connectivity index (χ1) is 18.1. The van der Waals surface area contributed by atoms with E-state index in [9.17, 15) is 18.5 Å². The van der Waals surface area contributed by atoms with Gasteiger partial charge in [0.05, 0.1) is 17.7 Å². The first-order valence-electron chi connectivity index (χ1n) is 12.4. The number of benzene rings is 3. The fourth-order valence-corrected chi connectivity index (χ4v) is 6.83. The number of hydrogen-bond acceptors (Lipinski definition) is 7. The summed E-state index contributed by atoms with van der Waals surface area (Å²) < 4.78 is 40.3. The van der Waals surface area contributed by atoms with E-state index in [1.54, 1.807) is 18.2 Å². The van der Waals surface area contributed by atoms with Crippen LogP contribution in [0.5, 0.6) is 11.5 Å². The van der Waals surface area contributed by atoms with Crippen molar-refractivity contribution < 1.29 is 22.7 Å². The maximum atomic E-state index is 13.8. The van der Waals surface area contributed by atoms with E-state index in [-0.39, 0.29) is 34.9 Å². The maximum Gasteiger partial charge on any atom is 0.338 e. The minimum Gasteiger partial charge on any atom is -0.462 e. The molecule has 38 heavy (non-hydrogen) atoms. The lowest BCUT2D eigenvalue weighted by Crippen LogP contribution is -2.42. The van der Waals surface area contributed by atoms with Crippen LogP contribution in [0.1, 0.15) is 57.0 Å². The van der Waals surface area contributed by atoms with Gasteiger partial charge in [-0.25, -0.2) is 13.2 Å². The molecule has 3 aromatic rings. The number of carbonyl (C=O) groups is 1. The molecule has 0 fully saturated rings. The number of ether oxygens (including phenoxy) is 2. The van der Waals surface area contributed by atoms with Crippen LogP contribution >= 0.6 is 11.8 Å². The SMILES string of the molecule is CCCOC(=O)c1ccc(S(=O)(=O)N(C(C)C)C(C)C)c(Oc2ccc(C#N)c(Sc3ccccc3)c2)c1. The first-order valence-corrected chi connectivity index (χ1v) is 14.6. The van der Waals surface area contributed by atoms with E-state index in [1.807, 2.05) is 65.0 Å². The molecule has 0 aliphatic carbocycles. The Bertz CT molecular complexity index is 1410. The highest BCUT2D eigenvalue weighted by molar-refractivity contribution is 7.99. The monoisotopic (exact) mass is 552 g/mol. The second kappa shape index (κ2) is 13.0. The smallest absolute Gasteiger partial charge is 0.338 e. The molecular weight excluding hydrogens is 520 g/mol. The van der Waals surface area contributed by atoms with Gasteiger partial charge < -0.3 is 9.47 Å². The molecule has 0 aromatic heterocycles. The molecule has 0 heterocycles. The van der Waals surface area contributed by atoms with Crippen molar-refractivity contribution in [1.29, 1.82) is 5.26 Å². The lowest BCUT2D eigenvalue weighted by atomic mass is 10.2. The van der Waals surface area contributed by atoms with Gasteiger partial charge in [-0.05, 0) is 82.6 Å². The Labute approximate surface area is 229 Å². The Morgan fingerprint density at radius 1 is 1.00 bits per heavy atom. The highest BCUT2D eigenvalue weighted by Gasteiger charge is 2.33. The van der Waals surface area contributed by atoms with Crippen molar-refractivity contribution in [3.63, 3.8) is 0 Å². The summed E-state index contributed by atoms with van der Waals surface area (Å²) in [5, 5.41) is 9.62. The number of esters is 1. The minimum atomic E-state index is -3.98. The van der Waals surface area contributed by atoms with Gasteiger partial charge in [0.15, 0.2) is 0 Å². The van der Waals surface area contributed by atoms with Crippen molar-refractivity contribution in [2.75, 3.05) is 6.61 Å². The molecule has 0 atom stereocenters. The summed E-state index contributed by atoms with van der Waals surface area (Å²) in [6.07, 6.45) is 0.659. The Balaban J connectivity index is 2.10. The molecule has 0 aliphatic heterocycles. The molecule has 3 aromatic carbocycles. The van der Waals surface area contributed by atoms with Crippen molar-refractivity contribution in [3.05, 3.63) is 77.9 Å². The predicted octanol–water partition coefficient (Wildman–Crippen LogP) is 6.88. The zero-order chi connectivity index (χ0) is 27.9. The van der Waals surface area contributed by atoms with Gasteiger partial charge in [0.1, 0.15) is 22.5 Å². The number of rotatable bonds is 11. The van der Waals surface area contributed by atoms with E-state index in [0.717, 1.165) is 4.90 Å². The second-order valence-corrected chi connectivity index (χ2v) is 12.0. The molecule has 0 aliphatic rings. The average Bonchev–Trinajstić information content (AvgIpc) is 2.87. The topological polar surface area (TPSA) is 96.7 Å². The zero-order valence-electron chi connectivity index (χ0n) is 22.2. The quantitative estimate of drug-likeness (QED) is 0.239. The van der Waals surface area contributed by atoms with Gasteiger partial charge in [0, 0.05) is 21.9 Å². The molecule has 0 unspecified atom stereocenters. The third-order valence-corrected chi connectivity index (χ3v) is 8.82. The van der Waals surface area contributed by atoms with Crippen LogP contribution in [0.2, 0.25) is 0 Å². The summed E-state index contributed by atoms with van der Waals surface area (Å²) in [4.78, 5) is 14.1. The van der Waals surface area contributed by atoms with Gasteiger partial charge in [-0.3, -0.25) is 0 Å². The summed E-state index contributed by atoms with van der Waals surface area (Å²) in [6.45, 7) is 9.37. The standard InChI is InChI=1S/C29H32N2O5S2/c1-6-16-35-29(32)22-13-15-28(38(33,34)31(20(2)3)21(4)5)26(17-22)36-24-14-12-23(19-30)27(18-24)37-25-10-8-7-9-11-25/h7-15,17-18,20-21H,6,16H2,1-5H3. The van der Waals surface area contributed by atoms with Crippen molar-refractivity contribution >= 4 is 27.8 Å². The Morgan fingerprint density at radius 2 is 1.68 bits per heavy atom. The summed E-state index contributed by atoms with van der Waals surface area (Å²) in [5.74, 6) is -0.230. The van der Waals surface area contributed by atoms with Gasteiger partial charge >= 0.3 is 5.97 Å². The van der Waals surface area contributed by atoms with E-state index < -0.39 is 16.0 Å². The zero-order valence-corrected chi connectivity index (χ0v) is 23.8. The summed E-state index contributed by atoms with van der Waals surface area (Å²) in [5.41, 5.74) is 0.641. The molecule has 200 valence electrons. The lowest BCUT2D eigenvalue weighted by molar-refractivity contribution is 0.0504. The molecule has 9 heteroatoms. The molecular formula is C29H32N2O5S2. The molecule has 0 amide bonds. The number of nitriles is 1. The molecule has 0 radical (unpaired) electrons. The molecule has 0 bridgehead atoms. The van der Waals surface area contributed by atoms with E-state index >= 15 is 0 Å². The third-order valence-electron chi connectivity index (χ3n) is 5.46. The van der Waals surface area contributed by atoms with Crippen LogP contribution in [-0.2, 0) is 14.8 Å². The number of nitrogens with zero attached hydrogens (tertiary/aromatic N) is 2. The van der Waals surface area contributed by atoms with Gasteiger partial charge in [-0.2, -0.15) is 9.57 Å². The molecule has 0 saturated heterocycles. The van der Waals surface area contributed by atoms with E-state index in [0.29, 0.717) is 22.6 Å². The highest BCUT2D eigenvalue weighted by atomic mass is 32.2. The van der Waals surface area contributed by atoms with Crippen LogP contribution in [0.4, 0.5) is 0 Å². The normalized spacial score (nSPS) is 11.6. The van der Waals surface area contributed by atoms with Crippen LogP contribution in [0.15, 0.2) is 81.4 Å². The third kappa shape index (κ3) is 6.95. The number of sulfonamides is 1. The molecule has 0 saturated carbocycles. The van der Waals surface area contributed by atoms with Crippen LogP contribution in [0.3, 0.4) is 0 Å². The lowest BCUT2D eigenvalue weighted by Gasteiger charge is -2.30. The van der Waals surface area contributed by atoms with Crippen molar-refractivity contribution in [1.82, 2.24) is 4.31 Å². The number of carbonyl (C=O) groups excluding carboxylic acids is 1. The minimum absolute atomic E-state index is 0.00242. The van der Waals surface area contributed by atoms with Gasteiger partial charge in [0.2, 0.25) is 10.0 Å². The second-order valence-electron chi connectivity index (χ2n) is 9.11. The van der Waals surface area contributed by atoms with Crippen LogP contribution < -0.4 is 4.74 Å². The van der Waals surface area contributed by atoms with Crippen molar-refractivity contribution in [2.24, 2.45) is 0 Å². The van der Waals surface area contributed by atoms with Crippen LogP contribution in [0.25, 0.3) is 0 Å². The fourth-order valence-electron chi connectivity index (χ4n) is 3.96. The molecule has 0 N–H and O–H groups in total. The molecule has 7 nitrogen and oxygen atoms in total. The van der Waals surface area contributed by atoms with Gasteiger partial charge in [-0.1, -0.05) is 36.9 Å². The summed E-state index contributed by atoms with van der Waals surface area (Å²) in [7, 11) is -3.98. The van der Waals surface area contributed by atoms with E-state index in [1.165, 1.54) is 34.3 Å². The summed E-state index contributed by atoms with van der Waals surface area (Å²) in [6, 6.07) is 20.3. The number of hydrogen-bond donors (Lipinski definition) is 0. The van der Waals surface area contributed by atoms with Crippen molar-refractivity contribution in [2.45, 2.75) is 67.8 Å². The molecule has 3 rings (SSSR count). The van der Waals surface area contributed by atoms with E-state index in [2.05, 4.69) is 6.07 Å². The Morgan fingerprint density at radius 3 is 2.29 bits per heavy atom. The first kappa shape index (κ1) is 29.2. The van der Waals surface area contributed by atoms with Gasteiger partial charge in [-0.15, -0.1) is 0 Å². The molecule has 0 spiro atoms. The predicted molar refractivity (Wildman–Crippen MR) is 148 cm³/mol. The van der Waals surface area contributed by atoms with E-state index in [4.69, 9.17) is 9.47 Å². The highest BCUT2D eigenvalue weighted by Crippen LogP contribution is 2.37. The van der Waals surface area contributed by atoms with Crippen LogP contribution in [-0.4, -0.2) is 37.4 Å². The Hall–Kier alpha value is -3.32. The van der Waals surface area contributed by atoms with Crippen LogP contribution in [0, 0.1) is 11.3 Å². The Kier molecular flexibility index (Phi) is 9.97.